The maximum Gasteiger partial charge on any atom is 0.338 e. The summed E-state index contributed by atoms with van der Waals surface area (Å²) < 4.78 is 4.81. The number of rotatable bonds is 3. The van der Waals surface area contributed by atoms with Gasteiger partial charge in [-0.3, -0.25) is 0 Å². The highest BCUT2D eigenvalue weighted by Crippen LogP contribution is 2.42. The maximum atomic E-state index is 11.6. The molecular formula is C12H14O2S. The summed E-state index contributed by atoms with van der Waals surface area (Å²) in [5.41, 5.74) is 1.89. The lowest BCUT2D eigenvalue weighted by molar-refractivity contribution is 0.0599. The van der Waals surface area contributed by atoms with E-state index in [2.05, 4.69) is 12.1 Å². The van der Waals surface area contributed by atoms with Crippen molar-refractivity contribution in [3.8, 4) is 0 Å². The summed E-state index contributed by atoms with van der Waals surface area (Å²) in [5.74, 6) is 0.364. The van der Waals surface area contributed by atoms with Crippen molar-refractivity contribution in [2.24, 2.45) is 0 Å². The molecule has 0 saturated heterocycles. The van der Waals surface area contributed by atoms with Crippen LogP contribution >= 0.6 is 11.8 Å². The molecule has 0 atom stereocenters. The summed E-state index contributed by atoms with van der Waals surface area (Å²) in [6.45, 7) is 0. The topological polar surface area (TPSA) is 26.3 Å². The van der Waals surface area contributed by atoms with E-state index >= 15 is 0 Å². The minimum absolute atomic E-state index is 0.215. The lowest BCUT2D eigenvalue weighted by Gasteiger charge is -2.08. The number of benzene rings is 1. The molecule has 80 valence electrons. The second kappa shape index (κ2) is 4.27. The van der Waals surface area contributed by atoms with Gasteiger partial charge in [-0.2, -0.15) is 0 Å². The molecule has 1 saturated carbocycles. The second-order valence-corrected chi connectivity index (χ2v) is 4.60. The van der Waals surface area contributed by atoms with Gasteiger partial charge in [-0.05, 0) is 42.7 Å². The molecule has 0 bridgehead atoms. The van der Waals surface area contributed by atoms with Crippen molar-refractivity contribution in [3.63, 3.8) is 0 Å². The summed E-state index contributed by atoms with van der Waals surface area (Å²) >= 11 is 1.64. The fraction of sp³-hybridized carbons (Fsp3) is 0.417. The third-order valence-corrected chi connectivity index (χ3v) is 3.41. The normalized spacial score (nSPS) is 15.1. The molecule has 2 nitrogen and oxygen atoms in total. The lowest BCUT2D eigenvalue weighted by Crippen LogP contribution is -2.05. The van der Waals surface area contributed by atoms with Crippen molar-refractivity contribution < 1.29 is 9.53 Å². The number of hydrogen-bond acceptors (Lipinski definition) is 3. The predicted molar refractivity (Wildman–Crippen MR) is 61.5 cm³/mol. The van der Waals surface area contributed by atoms with E-state index in [1.54, 1.807) is 11.8 Å². The molecule has 0 aromatic heterocycles. The largest absolute Gasteiger partial charge is 0.465 e. The van der Waals surface area contributed by atoms with Gasteiger partial charge in [0.05, 0.1) is 12.7 Å². The van der Waals surface area contributed by atoms with Crippen LogP contribution < -0.4 is 0 Å². The van der Waals surface area contributed by atoms with E-state index < -0.39 is 0 Å². The standard InChI is InChI=1S/C12H14O2S/c1-14-12(13)11-7-9(15-2)5-6-10(11)8-3-4-8/h5-8H,3-4H2,1-2H3. The monoisotopic (exact) mass is 222 g/mol. The molecule has 0 spiro atoms. The number of carbonyl (C=O) groups is 1. The van der Waals surface area contributed by atoms with Crippen molar-refractivity contribution in [2.75, 3.05) is 13.4 Å². The summed E-state index contributed by atoms with van der Waals surface area (Å²) in [7, 11) is 1.44. The SMILES string of the molecule is COC(=O)c1cc(SC)ccc1C1CC1. The Bertz CT molecular complexity index is 383. The van der Waals surface area contributed by atoms with Crippen LogP contribution in [0.25, 0.3) is 0 Å². The van der Waals surface area contributed by atoms with E-state index in [1.165, 1.54) is 20.0 Å². The Balaban J connectivity index is 2.40. The summed E-state index contributed by atoms with van der Waals surface area (Å²) in [6.07, 6.45) is 4.40. The van der Waals surface area contributed by atoms with Gasteiger partial charge in [0, 0.05) is 4.90 Å². The predicted octanol–water partition coefficient (Wildman–Crippen LogP) is 3.07. The average Bonchev–Trinajstić information content (AvgIpc) is 3.11. The number of ether oxygens (including phenoxy) is 1. The molecule has 1 aromatic rings. The first-order chi connectivity index (χ1) is 7.26. The smallest absolute Gasteiger partial charge is 0.338 e. The summed E-state index contributed by atoms with van der Waals surface area (Å²) in [4.78, 5) is 12.7. The zero-order valence-corrected chi connectivity index (χ0v) is 9.76. The van der Waals surface area contributed by atoms with Gasteiger partial charge in [0.2, 0.25) is 0 Å². The highest BCUT2D eigenvalue weighted by Gasteiger charge is 2.28. The fourth-order valence-corrected chi connectivity index (χ4v) is 2.14. The Morgan fingerprint density at radius 2 is 2.20 bits per heavy atom. The van der Waals surface area contributed by atoms with Crippen LogP contribution in [-0.4, -0.2) is 19.3 Å². The fourth-order valence-electron chi connectivity index (χ4n) is 1.70. The van der Waals surface area contributed by atoms with Crippen LogP contribution in [0.15, 0.2) is 23.1 Å². The van der Waals surface area contributed by atoms with Gasteiger partial charge in [-0.25, -0.2) is 4.79 Å². The van der Waals surface area contributed by atoms with Gasteiger partial charge >= 0.3 is 5.97 Å². The van der Waals surface area contributed by atoms with Gasteiger partial charge in [0.25, 0.3) is 0 Å². The van der Waals surface area contributed by atoms with E-state index in [9.17, 15) is 4.79 Å². The molecule has 2 rings (SSSR count). The first-order valence-electron chi connectivity index (χ1n) is 5.02. The van der Waals surface area contributed by atoms with Crippen LogP contribution in [0.4, 0.5) is 0 Å². The third kappa shape index (κ3) is 2.17. The Morgan fingerprint density at radius 1 is 1.47 bits per heavy atom. The molecule has 1 fully saturated rings. The van der Waals surface area contributed by atoms with Gasteiger partial charge in [-0.15, -0.1) is 11.8 Å². The van der Waals surface area contributed by atoms with Crippen molar-refractivity contribution in [3.05, 3.63) is 29.3 Å². The van der Waals surface area contributed by atoms with Gasteiger partial charge in [0.15, 0.2) is 0 Å². The Labute approximate surface area is 94.0 Å². The van der Waals surface area contributed by atoms with Crippen LogP contribution in [-0.2, 0) is 4.74 Å². The number of thioether (sulfide) groups is 1. The van der Waals surface area contributed by atoms with Crippen molar-refractivity contribution in [1.29, 1.82) is 0 Å². The summed E-state index contributed by atoms with van der Waals surface area (Å²) in [6, 6.07) is 6.07. The lowest BCUT2D eigenvalue weighted by atomic mass is 10.0. The number of esters is 1. The van der Waals surface area contributed by atoms with Gasteiger partial charge in [-0.1, -0.05) is 6.07 Å². The second-order valence-electron chi connectivity index (χ2n) is 3.72. The first kappa shape index (κ1) is 10.6. The molecule has 0 aliphatic heterocycles. The van der Waals surface area contributed by atoms with Crippen molar-refractivity contribution in [2.45, 2.75) is 23.7 Å². The molecule has 0 amide bonds. The van der Waals surface area contributed by atoms with Crippen LogP contribution in [0.5, 0.6) is 0 Å². The molecule has 3 heteroatoms. The minimum Gasteiger partial charge on any atom is -0.465 e. The van der Waals surface area contributed by atoms with Crippen molar-refractivity contribution >= 4 is 17.7 Å². The third-order valence-electron chi connectivity index (χ3n) is 2.68. The zero-order chi connectivity index (χ0) is 10.8. The van der Waals surface area contributed by atoms with Crippen LogP contribution in [0.2, 0.25) is 0 Å². The van der Waals surface area contributed by atoms with E-state index in [1.807, 2.05) is 12.3 Å². The molecule has 0 unspecified atom stereocenters. The molecular weight excluding hydrogens is 208 g/mol. The van der Waals surface area contributed by atoms with Gasteiger partial charge < -0.3 is 4.74 Å². The molecule has 1 aliphatic carbocycles. The molecule has 1 aliphatic rings. The Kier molecular flexibility index (Phi) is 3.00. The molecule has 1 aromatic carbocycles. The van der Waals surface area contributed by atoms with Gasteiger partial charge in [0.1, 0.15) is 0 Å². The molecule has 0 heterocycles. The minimum atomic E-state index is -0.215. The van der Waals surface area contributed by atoms with Crippen molar-refractivity contribution in [1.82, 2.24) is 0 Å². The average molecular weight is 222 g/mol. The highest BCUT2D eigenvalue weighted by molar-refractivity contribution is 7.98. The highest BCUT2D eigenvalue weighted by atomic mass is 32.2. The van der Waals surface area contributed by atoms with Crippen LogP contribution in [0, 0.1) is 0 Å². The van der Waals surface area contributed by atoms with E-state index in [0.29, 0.717) is 5.92 Å². The Morgan fingerprint density at radius 3 is 2.73 bits per heavy atom. The maximum absolute atomic E-state index is 11.6. The number of carbonyl (C=O) groups excluding carboxylic acids is 1. The van der Waals surface area contributed by atoms with E-state index in [-0.39, 0.29) is 5.97 Å². The number of methoxy groups -OCH3 is 1. The molecule has 15 heavy (non-hydrogen) atoms. The summed E-state index contributed by atoms with van der Waals surface area (Å²) in [5, 5.41) is 0. The molecule has 0 N–H and O–H groups in total. The van der Waals surface area contributed by atoms with Crippen LogP contribution in [0.1, 0.15) is 34.7 Å². The van der Waals surface area contributed by atoms with Crippen LogP contribution in [0.3, 0.4) is 0 Å². The Hall–Kier alpha value is -0.960. The zero-order valence-electron chi connectivity index (χ0n) is 8.95. The number of hydrogen-bond donors (Lipinski definition) is 0. The van der Waals surface area contributed by atoms with E-state index in [4.69, 9.17) is 4.74 Å². The van der Waals surface area contributed by atoms with E-state index in [0.717, 1.165) is 16.0 Å². The molecule has 0 radical (unpaired) electrons. The quantitative estimate of drug-likeness (QED) is 0.580. The first-order valence-corrected chi connectivity index (χ1v) is 6.25.